The van der Waals surface area contributed by atoms with Crippen molar-refractivity contribution in [2.75, 3.05) is 23.3 Å². The topological polar surface area (TPSA) is 75.5 Å². The second-order valence-corrected chi connectivity index (χ2v) is 5.89. The molecule has 0 saturated carbocycles. The van der Waals surface area contributed by atoms with Crippen molar-refractivity contribution in [3.63, 3.8) is 0 Å². The van der Waals surface area contributed by atoms with Gasteiger partial charge in [0.1, 0.15) is 0 Å². The van der Waals surface area contributed by atoms with E-state index in [1.807, 2.05) is 18.2 Å². The van der Waals surface area contributed by atoms with Gasteiger partial charge in [0.15, 0.2) is 0 Å². The first-order valence-corrected chi connectivity index (χ1v) is 8.00. The molecule has 124 valence electrons. The molecule has 2 aromatic carbocycles. The predicted molar refractivity (Wildman–Crippen MR) is 93.3 cm³/mol. The molecule has 3 rings (SSSR count). The average Bonchev–Trinajstić information content (AvgIpc) is 3.10. The van der Waals surface area contributed by atoms with Gasteiger partial charge >= 0.3 is 0 Å². The van der Waals surface area contributed by atoms with Crippen molar-refractivity contribution in [1.82, 2.24) is 0 Å². The van der Waals surface area contributed by atoms with Crippen molar-refractivity contribution in [2.24, 2.45) is 0 Å². The summed E-state index contributed by atoms with van der Waals surface area (Å²) >= 11 is 0. The lowest BCUT2D eigenvalue weighted by molar-refractivity contribution is -0.384. The number of carbonyl (C=O) groups is 1. The minimum absolute atomic E-state index is 0.0254. The Kier molecular flexibility index (Phi) is 4.74. The summed E-state index contributed by atoms with van der Waals surface area (Å²) in [7, 11) is 0. The number of non-ortho nitro benzene ring substituents is 1. The third-order valence-corrected chi connectivity index (χ3v) is 4.11. The van der Waals surface area contributed by atoms with Gasteiger partial charge in [-0.05, 0) is 36.6 Å². The summed E-state index contributed by atoms with van der Waals surface area (Å²) in [4.78, 5) is 24.7. The summed E-state index contributed by atoms with van der Waals surface area (Å²) in [6, 6.07) is 13.9. The number of amides is 1. The van der Waals surface area contributed by atoms with Gasteiger partial charge in [-0.2, -0.15) is 0 Å². The van der Waals surface area contributed by atoms with Crippen molar-refractivity contribution in [1.29, 1.82) is 0 Å². The Labute approximate surface area is 140 Å². The second-order valence-electron chi connectivity index (χ2n) is 5.89. The maximum atomic E-state index is 12.2. The van der Waals surface area contributed by atoms with Crippen LogP contribution >= 0.6 is 0 Å². The van der Waals surface area contributed by atoms with E-state index in [0.717, 1.165) is 30.0 Å². The zero-order chi connectivity index (χ0) is 16.9. The number of rotatable bonds is 5. The summed E-state index contributed by atoms with van der Waals surface area (Å²) in [5.74, 6) is -0.137. The van der Waals surface area contributed by atoms with E-state index in [4.69, 9.17) is 0 Å². The third-order valence-electron chi connectivity index (χ3n) is 4.11. The van der Waals surface area contributed by atoms with Crippen LogP contribution in [0.25, 0.3) is 0 Å². The van der Waals surface area contributed by atoms with E-state index in [1.165, 1.54) is 25.0 Å². The lowest BCUT2D eigenvalue weighted by Gasteiger charge is -2.18. The third kappa shape index (κ3) is 3.90. The number of nitro groups is 1. The normalized spacial score (nSPS) is 13.8. The van der Waals surface area contributed by atoms with Crippen molar-refractivity contribution >= 4 is 23.0 Å². The summed E-state index contributed by atoms with van der Waals surface area (Å²) in [6.07, 6.45) is 2.60. The Hall–Kier alpha value is -2.89. The highest BCUT2D eigenvalue weighted by molar-refractivity contribution is 5.92. The van der Waals surface area contributed by atoms with Gasteiger partial charge in [-0.25, -0.2) is 0 Å². The van der Waals surface area contributed by atoms with E-state index in [2.05, 4.69) is 16.3 Å². The summed E-state index contributed by atoms with van der Waals surface area (Å²) in [5, 5.41) is 13.5. The first-order chi connectivity index (χ1) is 11.6. The Bertz CT molecular complexity index is 737. The number of hydrogen-bond donors (Lipinski definition) is 1. The molecule has 24 heavy (non-hydrogen) atoms. The molecule has 0 aromatic heterocycles. The van der Waals surface area contributed by atoms with Crippen LogP contribution in [0.15, 0.2) is 48.5 Å². The molecule has 1 N–H and O–H groups in total. The van der Waals surface area contributed by atoms with Crippen LogP contribution in [0.3, 0.4) is 0 Å². The molecular formula is C18H19N3O3. The van der Waals surface area contributed by atoms with Gasteiger partial charge < -0.3 is 10.2 Å². The van der Waals surface area contributed by atoms with Crippen LogP contribution in [0.5, 0.6) is 0 Å². The molecule has 0 atom stereocenters. The Balaban J connectivity index is 1.62. The van der Waals surface area contributed by atoms with Crippen LogP contribution in [0, 0.1) is 10.1 Å². The van der Waals surface area contributed by atoms with Gasteiger partial charge in [0.25, 0.3) is 5.69 Å². The van der Waals surface area contributed by atoms with E-state index in [9.17, 15) is 14.9 Å². The Morgan fingerprint density at radius 2 is 1.83 bits per heavy atom. The fourth-order valence-corrected chi connectivity index (χ4v) is 2.88. The van der Waals surface area contributed by atoms with Gasteiger partial charge in [0.2, 0.25) is 5.91 Å². The molecule has 0 unspecified atom stereocenters. The molecule has 1 saturated heterocycles. The fraction of sp³-hybridized carbons (Fsp3) is 0.278. The van der Waals surface area contributed by atoms with Crippen LogP contribution in [0.4, 0.5) is 17.1 Å². The van der Waals surface area contributed by atoms with E-state index in [-0.39, 0.29) is 18.0 Å². The monoisotopic (exact) mass is 325 g/mol. The number of anilines is 2. The van der Waals surface area contributed by atoms with Gasteiger partial charge in [-0.1, -0.05) is 18.2 Å². The molecule has 1 heterocycles. The number of carbonyl (C=O) groups excluding carboxylic acids is 1. The first kappa shape index (κ1) is 16.0. The summed E-state index contributed by atoms with van der Waals surface area (Å²) < 4.78 is 0. The van der Waals surface area contributed by atoms with Gasteiger partial charge in [-0.15, -0.1) is 0 Å². The van der Waals surface area contributed by atoms with E-state index < -0.39 is 4.92 Å². The van der Waals surface area contributed by atoms with Crippen LogP contribution in [0.2, 0.25) is 0 Å². The molecule has 6 nitrogen and oxygen atoms in total. The molecule has 6 heteroatoms. The number of nitrogens with zero attached hydrogens (tertiary/aromatic N) is 2. The maximum absolute atomic E-state index is 12.2. The van der Waals surface area contributed by atoms with E-state index >= 15 is 0 Å². The molecule has 1 fully saturated rings. The number of hydrogen-bond acceptors (Lipinski definition) is 4. The molecule has 1 aliphatic rings. The minimum Gasteiger partial charge on any atom is -0.371 e. The predicted octanol–water partition coefficient (Wildman–Crippen LogP) is 3.38. The van der Waals surface area contributed by atoms with Crippen molar-refractivity contribution in [3.8, 4) is 0 Å². The fourth-order valence-electron chi connectivity index (χ4n) is 2.88. The van der Waals surface area contributed by atoms with Crippen LogP contribution in [-0.4, -0.2) is 23.9 Å². The van der Waals surface area contributed by atoms with Crippen molar-refractivity contribution in [2.45, 2.75) is 19.3 Å². The molecule has 0 radical (unpaired) electrons. The van der Waals surface area contributed by atoms with Crippen LogP contribution in [-0.2, 0) is 11.2 Å². The zero-order valence-electron chi connectivity index (χ0n) is 13.3. The van der Waals surface area contributed by atoms with Gasteiger partial charge in [-0.3, -0.25) is 14.9 Å². The second kappa shape index (κ2) is 7.12. The number of nitro benzene ring substituents is 1. The smallest absolute Gasteiger partial charge is 0.269 e. The van der Waals surface area contributed by atoms with E-state index in [0.29, 0.717) is 0 Å². The summed E-state index contributed by atoms with van der Waals surface area (Å²) in [5.41, 5.74) is 2.67. The molecule has 2 aromatic rings. The lowest BCUT2D eigenvalue weighted by atomic mass is 10.1. The maximum Gasteiger partial charge on any atom is 0.269 e. The first-order valence-electron chi connectivity index (χ1n) is 8.00. The molecule has 0 spiro atoms. The highest BCUT2D eigenvalue weighted by atomic mass is 16.6. The zero-order valence-corrected chi connectivity index (χ0v) is 13.3. The van der Waals surface area contributed by atoms with Gasteiger partial charge in [0.05, 0.1) is 11.3 Å². The summed E-state index contributed by atoms with van der Waals surface area (Å²) in [6.45, 7) is 2.11. The standard InChI is InChI=1S/C18H19N3O3/c22-18(12-14-6-8-16(9-7-14)21(23)24)19-15-4-3-5-17(13-15)20-10-1-2-11-20/h3-9,13H,1-2,10-12H2,(H,19,22). The van der Waals surface area contributed by atoms with Crippen molar-refractivity contribution in [3.05, 3.63) is 64.2 Å². The average molecular weight is 325 g/mol. The number of benzene rings is 2. The Morgan fingerprint density at radius 3 is 2.50 bits per heavy atom. The lowest BCUT2D eigenvalue weighted by Crippen LogP contribution is -2.18. The molecule has 1 amide bonds. The number of nitrogens with one attached hydrogen (secondary N) is 1. The minimum atomic E-state index is -0.451. The molecule has 0 aliphatic carbocycles. The largest absolute Gasteiger partial charge is 0.371 e. The highest BCUT2D eigenvalue weighted by Crippen LogP contribution is 2.23. The van der Waals surface area contributed by atoms with Gasteiger partial charge in [0, 0.05) is 36.6 Å². The van der Waals surface area contributed by atoms with Crippen LogP contribution in [0.1, 0.15) is 18.4 Å². The quantitative estimate of drug-likeness (QED) is 0.675. The molecule has 0 bridgehead atoms. The SMILES string of the molecule is O=C(Cc1ccc([N+](=O)[O-])cc1)Nc1cccc(N2CCCC2)c1. The van der Waals surface area contributed by atoms with Crippen molar-refractivity contribution < 1.29 is 9.72 Å². The van der Waals surface area contributed by atoms with Crippen LogP contribution < -0.4 is 10.2 Å². The molecule has 1 aliphatic heterocycles. The van der Waals surface area contributed by atoms with E-state index in [1.54, 1.807) is 12.1 Å². The molecular weight excluding hydrogens is 306 g/mol. The highest BCUT2D eigenvalue weighted by Gasteiger charge is 2.13. The Morgan fingerprint density at radius 1 is 1.12 bits per heavy atom.